The van der Waals surface area contributed by atoms with Crippen molar-refractivity contribution in [2.45, 2.75) is 6.04 Å². The van der Waals surface area contributed by atoms with Crippen molar-refractivity contribution in [2.75, 3.05) is 20.3 Å². The highest BCUT2D eigenvalue weighted by Gasteiger charge is 2.38. The molecule has 0 radical (unpaired) electrons. The number of rotatable bonds is 5. The molecule has 21 heavy (non-hydrogen) atoms. The molecule has 0 aromatic heterocycles. The molecule has 2 amide bonds. The molecule has 6 heteroatoms. The number of nitrogens with one attached hydrogen (secondary N) is 2. The van der Waals surface area contributed by atoms with E-state index in [0.717, 1.165) is 5.56 Å². The van der Waals surface area contributed by atoms with E-state index in [-0.39, 0.29) is 12.6 Å². The molecule has 1 aromatic rings. The number of ether oxygens (including phenoxy) is 2. The second-order valence-electron chi connectivity index (χ2n) is 4.65. The van der Waals surface area contributed by atoms with E-state index in [4.69, 9.17) is 9.47 Å². The third kappa shape index (κ3) is 3.61. The molecule has 2 atom stereocenters. The van der Waals surface area contributed by atoms with Crippen molar-refractivity contribution < 1.29 is 19.1 Å². The SMILES string of the molecule is C=C1NC(=O)N[C@@H](c2ccccc2)[C@H]1C(=O)OCCOC. The van der Waals surface area contributed by atoms with E-state index in [1.165, 1.54) is 7.11 Å². The maximum absolute atomic E-state index is 12.2. The van der Waals surface area contributed by atoms with E-state index in [1.807, 2.05) is 30.3 Å². The highest BCUT2D eigenvalue weighted by atomic mass is 16.6. The van der Waals surface area contributed by atoms with Gasteiger partial charge >= 0.3 is 12.0 Å². The summed E-state index contributed by atoms with van der Waals surface area (Å²) >= 11 is 0. The fraction of sp³-hybridized carbons (Fsp3) is 0.333. The number of carbonyl (C=O) groups excluding carboxylic acids is 2. The van der Waals surface area contributed by atoms with Crippen LogP contribution in [0.5, 0.6) is 0 Å². The highest BCUT2D eigenvalue weighted by molar-refractivity contribution is 5.85. The fourth-order valence-corrected chi connectivity index (χ4v) is 2.22. The second-order valence-corrected chi connectivity index (χ2v) is 4.65. The van der Waals surface area contributed by atoms with Crippen molar-refractivity contribution in [1.29, 1.82) is 0 Å². The number of amides is 2. The Hall–Kier alpha value is -2.34. The fourth-order valence-electron chi connectivity index (χ4n) is 2.22. The van der Waals surface area contributed by atoms with Crippen LogP contribution in [0.3, 0.4) is 0 Å². The molecule has 0 aliphatic carbocycles. The van der Waals surface area contributed by atoms with Crippen LogP contribution in [-0.2, 0) is 14.3 Å². The van der Waals surface area contributed by atoms with E-state index >= 15 is 0 Å². The minimum atomic E-state index is -0.679. The minimum Gasteiger partial charge on any atom is -0.463 e. The minimum absolute atomic E-state index is 0.161. The molecule has 0 spiro atoms. The zero-order valence-electron chi connectivity index (χ0n) is 11.8. The predicted molar refractivity (Wildman–Crippen MR) is 76.3 cm³/mol. The van der Waals surface area contributed by atoms with Crippen LogP contribution < -0.4 is 10.6 Å². The van der Waals surface area contributed by atoms with Gasteiger partial charge in [0.2, 0.25) is 0 Å². The van der Waals surface area contributed by atoms with Gasteiger partial charge in [0, 0.05) is 12.8 Å². The van der Waals surface area contributed by atoms with Crippen molar-refractivity contribution >= 4 is 12.0 Å². The molecular weight excluding hydrogens is 272 g/mol. The molecule has 1 aromatic carbocycles. The van der Waals surface area contributed by atoms with Gasteiger partial charge in [0.1, 0.15) is 12.5 Å². The van der Waals surface area contributed by atoms with E-state index in [9.17, 15) is 9.59 Å². The molecule has 0 saturated carbocycles. The van der Waals surface area contributed by atoms with Gasteiger partial charge in [0.05, 0.1) is 12.6 Å². The second kappa shape index (κ2) is 6.90. The zero-order chi connectivity index (χ0) is 15.2. The maximum Gasteiger partial charge on any atom is 0.319 e. The van der Waals surface area contributed by atoms with E-state index in [0.29, 0.717) is 12.3 Å². The van der Waals surface area contributed by atoms with Crippen LogP contribution in [0.4, 0.5) is 4.79 Å². The summed E-state index contributed by atoms with van der Waals surface area (Å²) in [4.78, 5) is 23.9. The Kier molecular flexibility index (Phi) is 4.94. The van der Waals surface area contributed by atoms with Crippen LogP contribution in [0, 0.1) is 5.92 Å². The van der Waals surface area contributed by atoms with E-state index < -0.39 is 17.9 Å². The van der Waals surface area contributed by atoms with Crippen LogP contribution in [0.15, 0.2) is 42.6 Å². The molecule has 2 rings (SSSR count). The molecule has 0 unspecified atom stereocenters. The number of urea groups is 1. The summed E-state index contributed by atoms with van der Waals surface area (Å²) in [6.45, 7) is 4.25. The lowest BCUT2D eigenvalue weighted by Gasteiger charge is -2.33. The van der Waals surface area contributed by atoms with Crippen LogP contribution in [-0.4, -0.2) is 32.3 Å². The average molecular weight is 290 g/mol. The van der Waals surface area contributed by atoms with Gasteiger partial charge in [0.25, 0.3) is 0 Å². The van der Waals surface area contributed by atoms with Crippen molar-refractivity contribution in [3.63, 3.8) is 0 Å². The summed E-state index contributed by atoms with van der Waals surface area (Å²) in [6.07, 6.45) is 0. The van der Waals surface area contributed by atoms with Gasteiger partial charge in [-0.25, -0.2) is 4.79 Å². The topological polar surface area (TPSA) is 76.7 Å². The first-order valence-electron chi connectivity index (χ1n) is 6.60. The normalized spacial score (nSPS) is 21.4. The Morgan fingerprint density at radius 3 is 2.67 bits per heavy atom. The summed E-state index contributed by atoms with van der Waals surface area (Å²) in [5.41, 5.74) is 1.15. The lowest BCUT2D eigenvalue weighted by Crippen LogP contribution is -2.51. The molecular formula is C15H18N2O4. The van der Waals surface area contributed by atoms with Crippen LogP contribution in [0.2, 0.25) is 0 Å². The molecule has 6 nitrogen and oxygen atoms in total. The molecule has 112 valence electrons. The summed E-state index contributed by atoms with van der Waals surface area (Å²) in [5, 5.41) is 5.27. The zero-order valence-corrected chi connectivity index (χ0v) is 11.8. The third-order valence-corrected chi connectivity index (χ3v) is 3.21. The lowest BCUT2D eigenvalue weighted by atomic mass is 9.89. The average Bonchev–Trinajstić information content (AvgIpc) is 2.47. The number of carbonyl (C=O) groups is 2. The Bertz CT molecular complexity index is 530. The molecule has 0 bridgehead atoms. The first-order valence-corrected chi connectivity index (χ1v) is 6.60. The highest BCUT2D eigenvalue weighted by Crippen LogP contribution is 2.30. The number of esters is 1. The smallest absolute Gasteiger partial charge is 0.319 e. The van der Waals surface area contributed by atoms with Crippen molar-refractivity contribution in [1.82, 2.24) is 10.6 Å². The Labute approximate surface area is 123 Å². The van der Waals surface area contributed by atoms with Gasteiger partial charge in [-0.15, -0.1) is 0 Å². The standard InChI is InChI=1S/C15H18N2O4/c1-10-12(14(18)21-9-8-20-2)13(17-15(19)16-10)11-6-4-3-5-7-11/h3-7,12-13H,1,8-9H2,2H3,(H2,16,17,19)/t12-,13-/m0/s1. The van der Waals surface area contributed by atoms with Gasteiger partial charge in [-0.2, -0.15) is 0 Å². The summed E-state index contributed by atoms with van der Waals surface area (Å²) in [5.74, 6) is -1.12. The lowest BCUT2D eigenvalue weighted by molar-refractivity contribution is -0.149. The monoisotopic (exact) mass is 290 g/mol. The molecule has 1 aliphatic rings. The van der Waals surface area contributed by atoms with E-state index in [2.05, 4.69) is 17.2 Å². The van der Waals surface area contributed by atoms with Crippen LogP contribution in [0.25, 0.3) is 0 Å². The van der Waals surface area contributed by atoms with Crippen LogP contribution >= 0.6 is 0 Å². The van der Waals surface area contributed by atoms with Gasteiger partial charge in [-0.05, 0) is 5.56 Å². The molecule has 1 aliphatic heterocycles. The Balaban J connectivity index is 2.19. The quantitative estimate of drug-likeness (QED) is 0.634. The van der Waals surface area contributed by atoms with Crippen molar-refractivity contribution in [3.05, 3.63) is 48.2 Å². The Morgan fingerprint density at radius 1 is 1.29 bits per heavy atom. The molecule has 1 heterocycles. The third-order valence-electron chi connectivity index (χ3n) is 3.21. The Morgan fingerprint density at radius 2 is 2.00 bits per heavy atom. The van der Waals surface area contributed by atoms with Gasteiger partial charge in [-0.3, -0.25) is 4.79 Å². The van der Waals surface area contributed by atoms with Crippen molar-refractivity contribution in [3.8, 4) is 0 Å². The first-order chi connectivity index (χ1) is 10.1. The molecule has 2 N–H and O–H groups in total. The van der Waals surface area contributed by atoms with Gasteiger partial charge < -0.3 is 20.1 Å². The van der Waals surface area contributed by atoms with E-state index in [1.54, 1.807) is 0 Å². The summed E-state index contributed by atoms with van der Waals surface area (Å²) < 4.78 is 10.0. The van der Waals surface area contributed by atoms with Gasteiger partial charge in [-0.1, -0.05) is 36.9 Å². The largest absolute Gasteiger partial charge is 0.463 e. The maximum atomic E-state index is 12.2. The van der Waals surface area contributed by atoms with Crippen molar-refractivity contribution in [2.24, 2.45) is 5.92 Å². The molecule has 1 fully saturated rings. The predicted octanol–water partition coefficient (Wildman–Crippen LogP) is 1.36. The number of hydrogen-bond donors (Lipinski definition) is 2. The van der Waals surface area contributed by atoms with Gasteiger partial charge in [0.15, 0.2) is 0 Å². The number of hydrogen-bond acceptors (Lipinski definition) is 4. The van der Waals surface area contributed by atoms with Crippen LogP contribution in [0.1, 0.15) is 11.6 Å². The summed E-state index contributed by atoms with van der Waals surface area (Å²) in [7, 11) is 1.53. The summed E-state index contributed by atoms with van der Waals surface area (Å²) in [6, 6.07) is 8.38. The number of methoxy groups -OCH3 is 1. The first kappa shape index (κ1) is 15.1. The molecule has 1 saturated heterocycles. The number of benzene rings is 1.